The molecule has 0 spiro atoms. The minimum Gasteiger partial charge on any atom is -0.354 e. The van der Waals surface area contributed by atoms with E-state index in [1.54, 1.807) is 6.20 Å². The molecule has 1 unspecified atom stereocenters. The van der Waals surface area contributed by atoms with Gasteiger partial charge in [-0.05, 0) is 34.5 Å². The molecular weight excluding hydrogens is 235 g/mol. The molecule has 1 aromatic heterocycles. The molecule has 0 saturated carbocycles. The Hall–Kier alpha value is -0.640. The van der Waals surface area contributed by atoms with Crippen LogP contribution >= 0.6 is 15.9 Å². The maximum atomic E-state index is 12.9. The fourth-order valence-electron chi connectivity index (χ4n) is 1.48. The highest BCUT2D eigenvalue weighted by atomic mass is 79.9. The number of hydrogen-bond acceptors (Lipinski definition) is 2. The van der Waals surface area contributed by atoms with Crippen LogP contribution in [0.2, 0.25) is 0 Å². The van der Waals surface area contributed by atoms with E-state index in [4.69, 9.17) is 0 Å². The third-order valence-electron chi connectivity index (χ3n) is 2.17. The Balaban J connectivity index is 2.13. The van der Waals surface area contributed by atoms with Crippen molar-refractivity contribution < 1.29 is 4.39 Å². The summed E-state index contributed by atoms with van der Waals surface area (Å²) in [6, 6.07) is 3.83. The molecule has 2 heterocycles. The van der Waals surface area contributed by atoms with E-state index in [9.17, 15) is 4.39 Å². The van der Waals surface area contributed by atoms with Crippen molar-refractivity contribution in [2.75, 3.05) is 18.0 Å². The molecule has 1 aromatic rings. The van der Waals surface area contributed by atoms with Crippen LogP contribution < -0.4 is 4.90 Å². The quantitative estimate of drug-likeness (QED) is 0.755. The monoisotopic (exact) mass is 244 g/mol. The molecule has 13 heavy (non-hydrogen) atoms. The summed E-state index contributed by atoms with van der Waals surface area (Å²) in [5.41, 5.74) is 0. The molecule has 1 aliphatic heterocycles. The molecule has 0 radical (unpaired) electrons. The van der Waals surface area contributed by atoms with Gasteiger partial charge >= 0.3 is 0 Å². The summed E-state index contributed by atoms with van der Waals surface area (Å²) in [6.07, 6.45) is 1.67. The third-order valence-corrected chi connectivity index (χ3v) is 2.64. The van der Waals surface area contributed by atoms with Gasteiger partial charge in [-0.15, -0.1) is 0 Å². The van der Waals surface area contributed by atoms with Gasteiger partial charge in [0.25, 0.3) is 0 Å². The Morgan fingerprint density at radius 2 is 2.38 bits per heavy atom. The molecular formula is C9H10BrFN2. The first-order valence-corrected chi connectivity index (χ1v) is 5.05. The number of anilines is 1. The summed E-state index contributed by atoms with van der Waals surface area (Å²) >= 11 is 3.31. The summed E-state index contributed by atoms with van der Waals surface area (Å²) in [4.78, 5) is 6.18. The molecule has 0 bridgehead atoms. The number of rotatable bonds is 1. The summed E-state index contributed by atoms with van der Waals surface area (Å²) in [6.45, 7) is 1.25. The van der Waals surface area contributed by atoms with Crippen LogP contribution in [0.15, 0.2) is 22.8 Å². The molecule has 0 N–H and O–H groups in total. The summed E-state index contributed by atoms with van der Waals surface area (Å²) < 4.78 is 13.8. The van der Waals surface area contributed by atoms with Gasteiger partial charge in [0.2, 0.25) is 0 Å². The molecule has 4 heteroatoms. The first kappa shape index (κ1) is 8.94. The van der Waals surface area contributed by atoms with Crippen LogP contribution in [-0.4, -0.2) is 24.2 Å². The van der Waals surface area contributed by atoms with Crippen molar-refractivity contribution in [1.82, 2.24) is 4.98 Å². The van der Waals surface area contributed by atoms with E-state index in [1.165, 1.54) is 0 Å². The molecule has 0 aliphatic carbocycles. The second kappa shape index (κ2) is 3.62. The van der Waals surface area contributed by atoms with Gasteiger partial charge < -0.3 is 4.90 Å². The maximum Gasteiger partial charge on any atom is 0.128 e. The van der Waals surface area contributed by atoms with Gasteiger partial charge in [0, 0.05) is 17.2 Å². The van der Waals surface area contributed by atoms with Crippen molar-refractivity contribution in [3.05, 3.63) is 22.8 Å². The minimum absolute atomic E-state index is 0.481. The molecule has 0 aromatic carbocycles. The largest absolute Gasteiger partial charge is 0.354 e. The topological polar surface area (TPSA) is 16.1 Å². The highest BCUT2D eigenvalue weighted by Crippen LogP contribution is 2.20. The molecule has 2 nitrogen and oxygen atoms in total. The third kappa shape index (κ3) is 1.99. The number of halogens is 2. The number of alkyl halides is 1. The molecule has 1 saturated heterocycles. The van der Waals surface area contributed by atoms with Gasteiger partial charge in [0.1, 0.15) is 12.0 Å². The fraction of sp³-hybridized carbons (Fsp3) is 0.444. The molecule has 1 atom stereocenters. The van der Waals surface area contributed by atoms with Crippen molar-refractivity contribution in [2.45, 2.75) is 12.6 Å². The fourth-order valence-corrected chi connectivity index (χ4v) is 1.72. The minimum atomic E-state index is -0.689. The van der Waals surface area contributed by atoms with E-state index >= 15 is 0 Å². The van der Waals surface area contributed by atoms with E-state index < -0.39 is 6.17 Å². The zero-order valence-electron chi connectivity index (χ0n) is 7.08. The lowest BCUT2D eigenvalue weighted by Crippen LogP contribution is -2.20. The predicted octanol–water partition coefficient (Wildman–Crippen LogP) is 2.39. The molecule has 1 fully saturated rings. The average Bonchev–Trinajstić information content (AvgIpc) is 2.53. The van der Waals surface area contributed by atoms with Crippen molar-refractivity contribution in [3.8, 4) is 0 Å². The SMILES string of the molecule is FC1CCN(c2ccc(Br)cn2)C1. The van der Waals surface area contributed by atoms with Gasteiger partial charge in [0.15, 0.2) is 0 Å². The number of aromatic nitrogens is 1. The lowest BCUT2D eigenvalue weighted by Gasteiger charge is -2.15. The van der Waals surface area contributed by atoms with Gasteiger partial charge in [-0.25, -0.2) is 9.37 Å². The van der Waals surface area contributed by atoms with Crippen molar-refractivity contribution in [1.29, 1.82) is 0 Å². The van der Waals surface area contributed by atoms with Crippen LogP contribution in [0.5, 0.6) is 0 Å². The maximum absolute atomic E-state index is 12.9. The van der Waals surface area contributed by atoms with Crippen LogP contribution in [0, 0.1) is 0 Å². The Bertz CT molecular complexity index is 288. The lowest BCUT2D eigenvalue weighted by molar-refractivity contribution is 0.364. The molecule has 1 aliphatic rings. The van der Waals surface area contributed by atoms with Crippen molar-refractivity contribution in [3.63, 3.8) is 0 Å². The Labute approximate surface area is 84.9 Å². The zero-order valence-corrected chi connectivity index (χ0v) is 8.67. The van der Waals surface area contributed by atoms with E-state index in [2.05, 4.69) is 20.9 Å². The smallest absolute Gasteiger partial charge is 0.128 e. The highest BCUT2D eigenvalue weighted by Gasteiger charge is 2.22. The number of pyridine rings is 1. The molecule has 70 valence electrons. The Kier molecular flexibility index (Phi) is 2.49. The Morgan fingerprint density at radius 3 is 2.92 bits per heavy atom. The summed E-state index contributed by atoms with van der Waals surface area (Å²) in [5.74, 6) is 0.864. The van der Waals surface area contributed by atoms with E-state index in [0.717, 1.165) is 16.8 Å². The normalized spacial score (nSPS) is 22.3. The number of nitrogens with zero attached hydrogens (tertiary/aromatic N) is 2. The molecule has 0 amide bonds. The van der Waals surface area contributed by atoms with E-state index in [1.807, 2.05) is 17.0 Å². The second-order valence-corrected chi connectivity index (χ2v) is 4.08. The molecule has 2 rings (SSSR count). The van der Waals surface area contributed by atoms with Crippen LogP contribution in [0.1, 0.15) is 6.42 Å². The van der Waals surface area contributed by atoms with Crippen LogP contribution in [0.25, 0.3) is 0 Å². The van der Waals surface area contributed by atoms with Gasteiger partial charge in [-0.1, -0.05) is 0 Å². The highest BCUT2D eigenvalue weighted by molar-refractivity contribution is 9.10. The van der Waals surface area contributed by atoms with Crippen LogP contribution in [-0.2, 0) is 0 Å². The van der Waals surface area contributed by atoms with Crippen LogP contribution in [0.4, 0.5) is 10.2 Å². The first-order valence-electron chi connectivity index (χ1n) is 4.26. The average molecular weight is 245 g/mol. The van der Waals surface area contributed by atoms with Crippen LogP contribution in [0.3, 0.4) is 0 Å². The van der Waals surface area contributed by atoms with Gasteiger partial charge in [-0.2, -0.15) is 0 Å². The lowest BCUT2D eigenvalue weighted by atomic mass is 10.3. The zero-order chi connectivity index (χ0) is 9.26. The van der Waals surface area contributed by atoms with Gasteiger partial charge in [0.05, 0.1) is 6.54 Å². The summed E-state index contributed by atoms with van der Waals surface area (Å²) in [5, 5.41) is 0. The van der Waals surface area contributed by atoms with Crippen molar-refractivity contribution in [2.24, 2.45) is 0 Å². The van der Waals surface area contributed by atoms with Crippen molar-refractivity contribution >= 4 is 21.7 Å². The standard InChI is InChI=1S/C9H10BrFN2/c10-7-1-2-9(12-5-7)13-4-3-8(11)6-13/h1-2,5,8H,3-4,6H2. The van der Waals surface area contributed by atoms with Gasteiger partial charge in [-0.3, -0.25) is 0 Å². The Morgan fingerprint density at radius 1 is 1.54 bits per heavy atom. The first-order chi connectivity index (χ1) is 6.25. The summed E-state index contributed by atoms with van der Waals surface area (Å²) in [7, 11) is 0. The second-order valence-electron chi connectivity index (χ2n) is 3.17. The van der Waals surface area contributed by atoms with E-state index in [-0.39, 0.29) is 0 Å². The van der Waals surface area contributed by atoms with E-state index in [0.29, 0.717) is 13.0 Å². The predicted molar refractivity (Wildman–Crippen MR) is 53.7 cm³/mol. The number of hydrogen-bond donors (Lipinski definition) is 0.